The van der Waals surface area contributed by atoms with Crippen LogP contribution in [0.15, 0.2) is 54.6 Å². The third-order valence-electron chi connectivity index (χ3n) is 2.85. The SMILES string of the molecule is Cc1ccc(/C=C/C(=O)c2cccc(OC(F)F)c2)cc1. The summed E-state index contributed by atoms with van der Waals surface area (Å²) in [6.45, 7) is -0.925. The molecule has 0 amide bonds. The predicted molar refractivity (Wildman–Crippen MR) is 77.6 cm³/mol. The standard InChI is InChI=1S/C17H14F2O2/c1-12-5-7-13(8-6-12)9-10-16(20)14-3-2-4-15(11-14)21-17(18)19/h2-11,17H,1H3/b10-9+. The number of carbonyl (C=O) groups excluding carboxylic acids is 1. The van der Waals surface area contributed by atoms with E-state index in [1.807, 2.05) is 31.2 Å². The Balaban J connectivity index is 2.11. The van der Waals surface area contributed by atoms with E-state index in [0.29, 0.717) is 5.56 Å². The summed E-state index contributed by atoms with van der Waals surface area (Å²) in [5.41, 5.74) is 2.33. The molecule has 0 spiro atoms. The molecule has 0 saturated heterocycles. The maximum Gasteiger partial charge on any atom is 0.387 e. The summed E-state index contributed by atoms with van der Waals surface area (Å²) >= 11 is 0. The number of halogens is 2. The fourth-order valence-corrected chi connectivity index (χ4v) is 1.77. The van der Waals surface area contributed by atoms with Crippen LogP contribution in [0.3, 0.4) is 0 Å². The van der Waals surface area contributed by atoms with E-state index < -0.39 is 6.61 Å². The molecule has 2 aromatic carbocycles. The minimum Gasteiger partial charge on any atom is -0.435 e. The number of hydrogen-bond donors (Lipinski definition) is 0. The van der Waals surface area contributed by atoms with Crippen LogP contribution in [0.2, 0.25) is 0 Å². The third kappa shape index (κ3) is 4.53. The maximum absolute atomic E-state index is 12.1. The van der Waals surface area contributed by atoms with Crippen molar-refractivity contribution in [3.8, 4) is 5.75 Å². The topological polar surface area (TPSA) is 26.3 Å². The van der Waals surface area contributed by atoms with E-state index in [1.54, 1.807) is 12.1 Å². The highest BCUT2D eigenvalue weighted by molar-refractivity contribution is 6.07. The lowest BCUT2D eigenvalue weighted by atomic mass is 10.1. The minimum atomic E-state index is -2.90. The van der Waals surface area contributed by atoms with E-state index >= 15 is 0 Å². The first-order valence-corrected chi connectivity index (χ1v) is 6.38. The lowest BCUT2D eigenvalue weighted by Crippen LogP contribution is -2.03. The number of aryl methyl sites for hydroxylation is 1. The lowest BCUT2D eigenvalue weighted by Gasteiger charge is -2.05. The lowest BCUT2D eigenvalue weighted by molar-refractivity contribution is -0.0498. The van der Waals surface area contributed by atoms with Gasteiger partial charge in [-0.3, -0.25) is 4.79 Å². The van der Waals surface area contributed by atoms with Crippen molar-refractivity contribution in [1.29, 1.82) is 0 Å². The van der Waals surface area contributed by atoms with Gasteiger partial charge < -0.3 is 4.74 Å². The molecule has 0 bridgehead atoms. The predicted octanol–water partition coefficient (Wildman–Crippen LogP) is 4.49. The highest BCUT2D eigenvalue weighted by Gasteiger charge is 2.07. The fraction of sp³-hybridized carbons (Fsp3) is 0.118. The van der Waals surface area contributed by atoms with E-state index in [0.717, 1.165) is 11.1 Å². The molecular weight excluding hydrogens is 274 g/mol. The monoisotopic (exact) mass is 288 g/mol. The van der Waals surface area contributed by atoms with Crippen molar-refractivity contribution in [2.45, 2.75) is 13.5 Å². The summed E-state index contributed by atoms with van der Waals surface area (Å²) in [6, 6.07) is 13.4. The highest BCUT2D eigenvalue weighted by atomic mass is 19.3. The normalized spacial score (nSPS) is 11.0. The molecule has 4 heteroatoms. The smallest absolute Gasteiger partial charge is 0.387 e. The van der Waals surface area contributed by atoms with Gasteiger partial charge in [-0.25, -0.2) is 0 Å². The van der Waals surface area contributed by atoms with Crippen LogP contribution >= 0.6 is 0 Å². The van der Waals surface area contributed by atoms with Gasteiger partial charge in [-0.1, -0.05) is 48.0 Å². The average Bonchev–Trinajstić information content (AvgIpc) is 2.46. The first kappa shape index (κ1) is 14.9. The summed E-state index contributed by atoms with van der Waals surface area (Å²) in [7, 11) is 0. The van der Waals surface area contributed by atoms with Crippen LogP contribution in [0.4, 0.5) is 8.78 Å². The number of rotatable bonds is 5. The van der Waals surface area contributed by atoms with Gasteiger partial charge in [-0.2, -0.15) is 8.78 Å². The highest BCUT2D eigenvalue weighted by Crippen LogP contribution is 2.17. The molecule has 0 aliphatic rings. The zero-order valence-electron chi connectivity index (χ0n) is 11.4. The molecule has 2 nitrogen and oxygen atoms in total. The summed E-state index contributed by atoms with van der Waals surface area (Å²) in [6.07, 6.45) is 3.09. The van der Waals surface area contributed by atoms with Crippen LogP contribution in [-0.4, -0.2) is 12.4 Å². The van der Waals surface area contributed by atoms with Crippen LogP contribution in [0.1, 0.15) is 21.5 Å². The van der Waals surface area contributed by atoms with Crippen molar-refractivity contribution in [3.05, 3.63) is 71.3 Å². The average molecular weight is 288 g/mol. The molecule has 0 saturated carbocycles. The maximum atomic E-state index is 12.1. The van der Waals surface area contributed by atoms with Crippen molar-refractivity contribution in [3.63, 3.8) is 0 Å². The van der Waals surface area contributed by atoms with Crippen molar-refractivity contribution in [1.82, 2.24) is 0 Å². The molecule has 0 N–H and O–H groups in total. The Morgan fingerprint density at radius 3 is 2.52 bits per heavy atom. The molecule has 0 aliphatic heterocycles. The second-order valence-electron chi connectivity index (χ2n) is 4.51. The number of allylic oxidation sites excluding steroid dienone is 1. The Morgan fingerprint density at radius 2 is 1.86 bits per heavy atom. The van der Waals surface area contributed by atoms with Gasteiger partial charge in [0, 0.05) is 5.56 Å². The van der Waals surface area contributed by atoms with E-state index in [-0.39, 0.29) is 11.5 Å². The molecule has 21 heavy (non-hydrogen) atoms. The Morgan fingerprint density at radius 1 is 1.14 bits per heavy atom. The number of ether oxygens (including phenoxy) is 1. The second-order valence-corrected chi connectivity index (χ2v) is 4.51. The largest absolute Gasteiger partial charge is 0.435 e. The van der Waals surface area contributed by atoms with Gasteiger partial charge >= 0.3 is 6.61 Å². The van der Waals surface area contributed by atoms with E-state index in [4.69, 9.17) is 0 Å². The van der Waals surface area contributed by atoms with Crippen LogP contribution < -0.4 is 4.74 Å². The van der Waals surface area contributed by atoms with Gasteiger partial charge in [0.25, 0.3) is 0 Å². The summed E-state index contributed by atoms with van der Waals surface area (Å²) in [4.78, 5) is 12.0. The van der Waals surface area contributed by atoms with Crippen LogP contribution in [0, 0.1) is 6.92 Å². The molecule has 0 aliphatic carbocycles. The zero-order valence-corrected chi connectivity index (χ0v) is 11.4. The Hall–Kier alpha value is -2.49. The molecule has 2 rings (SSSR count). The molecular formula is C17H14F2O2. The number of carbonyl (C=O) groups is 1. The number of benzene rings is 2. The van der Waals surface area contributed by atoms with Crippen molar-refractivity contribution in [2.24, 2.45) is 0 Å². The minimum absolute atomic E-state index is 0.0282. The van der Waals surface area contributed by atoms with Crippen LogP contribution in [0.25, 0.3) is 6.08 Å². The Bertz CT molecular complexity index is 646. The Labute approximate surface area is 121 Å². The first-order valence-electron chi connectivity index (χ1n) is 6.38. The molecule has 108 valence electrons. The van der Waals surface area contributed by atoms with Crippen molar-refractivity contribution >= 4 is 11.9 Å². The fourth-order valence-electron chi connectivity index (χ4n) is 1.77. The molecule has 0 radical (unpaired) electrons. The molecule has 0 aromatic heterocycles. The zero-order chi connectivity index (χ0) is 15.2. The molecule has 0 fully saturated rings. The van der Waals surface area contributed by atoms with Gasteiger partial charge in [0.2, 0.25) is 0 Å². The Kier molecular flexibility index (Phi) is 4.82. The van der Waals surface area contributed by atoms with Crippen molar-refractivity contribution in [2.75, 3.05) is 0 Å². The summed E-state index contributed by atoms with van der Waals surface area (Å²) < 4.78 is 28.5. The van der Waals surface area contributed by atoms with Gasteiger partial charge in [0.15, 0.2) is 5.78 Å². The molecule has 2 aromatic rings. The summed E-state index contributed by atoms with van der Waals surface area (Å²) in [5, 5.41) is 0. The van der Waals surface area contributed by atoms with Gasteiger partial charge in [-0.15, -0.1) is 0 Å². The number of hydrogen-bond acceptors (Lipinski definition) is 2. The van der Waals surface area contributed by atoms with Gasteiger partial charge in [0.05, 0.1) is 0 Å². The van der Waals surface area contributed by atoms with Crippen LogP contribution in [0.5, 0.6) is 5.75 Å². The molecule has 0 heterocycles. The molecule has 0 unspecified atom stereocenters. The van der Waals surface area contributed by atoms with Crippen molar-refractivity contribution < 1.29 is 18.3 Å². The van der Waals surface area contributed by atoms with E-state index in [9.17, 15) is 13.6 Å². The number of alkyl halides is 2. The van der Waals surface area contributed by atoms with Gasteiger partial charge in [-0.05, 0) is 30.7 Å². The van der Waals surface area contributed by atoms with Crippen LogP contribution in [-0.2, 0) is 0 Å². The number of ketones is 1. The van der Waals surface area contributed by atoms with Gasteiger partial charge in [0.1, 0.15) is 5.75 Å². The van der Waals surface area contributed by atoms with E-state index in [1.165, 1.54) is 24.3 Å². The first-order chi connectivity index (χ1) is 10.0. The summed E-state index contributed by atoms with van der Waals surface area (Å²) in [5.74, 6) is -0.296. The van der Waals surface area contributed by atoms with E-state index in [2.05, 4.69) is 4.74 Å². The molecule has 0 atom stereocenters. The second kappa shape index (κ2) is 6.79. The third-order valence-corrected chi connectivity index (χ3v) is 2.85. The quantitative estimate of drug-likeness (QED) is 0.598.